The molecule has 0 saturated heterocycles. The molecule has 5 nitrogen and oxygen atoms in total. The van der Waals surface area contributed by atoms with Gasteiger partial charge in [-0.2, -0.15) is 0 Å². The average molecular weight is 245 g/mol. The zero-order chi connectivity index (χ0) is 13.3. The molecule has 2 heterocycles. The molecular formula is C13H15N3O2. The number of pyridine rings is 1. The van der Waals surface area contributed by atoms with Gasteiger partial charge in [0, 0.05) is 30.9 Å². The van der Waals surface area contributed by atoms with Gasteiger partial charge in [-0.05, 0) is 13.0 Å². The lowest BCUT2D eigenvalue weighted by Gasteiger charge is -2.07. The van der Waals surface area contributed by atoms with Crippen molar-refractivity contribution in [2.75, 3.05) is 7.05 Å². The van der Waals surface area contributed by atoms with Crippen molar-refractivity contribution in [2.24, 2.45) is 0 Å². The Balaban J connectivity index is 2.83. The topological polar surface area (TPSA) is 66.9 Å². The molecule has 2 rings (SSSR count). The summed E-state index contributed by atoms with van der Waals surface area (Å²) in [6.07, 6.45) is 3.19. The highest BCUT2D eigenvalue weighted by molar-refractivity contribution is 6.06. The zero-order valence-electron chi connectivity index (χ0n) is 10.4. The van der Waals surface area contributed by atoms with Crippen molar-refractivity contribution in [3.63, 3.8) is 0 Å². The molecule has 1 amide bonds. The Morgan fingerprint density at radius 1 is 1.61 bits per heavy atom. The monoisotopic (exact) mass is 245 g/mol. The lowest BCUT2D eigenvalue weighted by atomic mass is 10.1. The first-order valence-corrected chi connectivity index (χ1v) is 5.64. The standard InChI is InChI=1S/C13H15N3O2/c1-4-5-16-7-10(12(17)14-3)9-6-8(2)15-11(9)13(16)18/h4,6-7,15H,1,5H2,2-3H3,(H,14,17). The SMILES string of the molecule is C=CCn1cc(C(=O)NC)c2cc(C)[nH]c2c1=O. The first-order chi connectivity index (χ1) is 8.58. The molecule has 94 valence electrons. The molecule has 0 aliphatic heterocycles. The summed E-state index contributed by atoms with van der Waals surface area (Å²) in [5.74, 6) is -0.211. The van der Waals surface area contributed by atoms with E-state index < -0.39 is 0 Å². The molecule has 0 aromatic carbocycles. The van der Waals surface area contributed by atoms with E-state index in [9.17, 15) is 9.59 Å². The van der Waals surface area contributed by atoms with E-state index in [-0.39, 0.29) is 11.5 Å². The first kappa shape index (κ1) is 12.2. The van der Waals surface area contributed by atoms with Crippen LogP contribution < -0.4 is 10.9 Å². The quantitative estimate of drug-likeness (QED) is 0.797. The third kappa shape index (κ3) is 1.84. The van der Waals surface area contributed by atoms with Crippen molar-refractivity contribution < 1.29 is 4.79 Å². The van der Waals surface area contributed by atoms with Crippen LogP contribution in [0.3, 0.4) is 0 Å². The maximum atomic E-state index is 12.1. The largest absolute Gasteiger partial charge is 0.355 e. The van der Waals surface area contributed by atoms with Crippen molar-refractivity contribution in [1.29, 1.82) is 0 Å². The molecule has 0 aliphatic rings. The van der Waals surface area contributed by atoms with E-state index in [2.05, 4.69) is 16.9 Å². The maximum Gasteiger partial charge on any atom is 0.275 e. The first-order valence-electron chi connectivity index (χ1n) is 5.64. The number of allylic oxidation sites excluding steroid dienone is 1. The third-order valence-electron chi connectivity index (χ3n) is 2.80. The number of aryl methyl sites for hydroxylation is 1. The molecule has 2 aromatic heterocycles. The summed E-state index contributed by atoms with van der Waals surface area (Å²) in [6, 6.07) is 1.81. The fraction of sp³-hybridized carbons (Fsp3) is 0.231. The van der Waals surface area contributed by atoms with Crippen LogP contribution in [-0.4, -0.2) is 22.5 Å². The number of nitrogens with one attached hydrogen (secondary N) is 2. The summed E-state index contributed by atoms with van der Waals surface area (Å²) < 4.78 is 1.47. The summed E-state index contributed by atoms with van der Waals surface area (Å²) >= 11 is 0. The fourth-order valence-electron chi connectivity index (χ4n) is 1.99. The highest BCUT2D eigenvalue weighted by Crippen LogP contribution is 2.16. The van der Waals surface area contributed by atoms with Crippen LogP contribution in [0.5, 0.6) is 0 Å². The lowest BCUT2D eigenvalue weighted by molar-refractivity contribution is 0.0964. The van der Waals surface area contributed by atoms with Gasteiger partial charge in [0.2, 0.25) is 0 Å². The second-order valence-corrected chi connectivity index (χ2v) is 4.11. The number of fused-ring (bicyclic) bond motifs is 1. The normalized spacial score (nSPS) is 10.6. The Bertz CT molecular complexity index is 679. The number of aromatic nitrogens is 2. The number of amides is 1. The van der Waals surface area contributed by atoms with Crippen molar-refractivity contribution in [2.45, 2.75) is 13.5 Å². The Morgan fingerprint density at radius 2 is 2.33 bits per heavy atom. The fourth-order valence-corrected chi connectivity index (χ4v) is 1.99. The van der Waals surface area contributed by atoms with E-state index in [1.165, 1.54) is 4.57 Å². The van der Waals surface area contributed by atoms with Crippen LogP contribution in [0.2, 0.25) is 0 Å². The molecule has 0 radical (unpaired) electrons. The van der Waals surface area contributed by atoms with E-state index in [0.29, 0.717) is 23.0 Å². The van der Waals surface area contributed by atoms with Gasteiger partial charge in [-0.15, -0.1) is 6.58 Å². The molecule has 5 heteroatoms. The van der Waals surface area contributed by atoms with Gasteiger partial charge >= 0.3 is 0 Å². The predicted molar refractivity (Wildman–Crippen MR) is 70.9 cm³/mol. The number of hydrogen-bond donors (Lipinski definition) is 2. The molecule has 0 atom stereocenters. The molecule has 0 unspecified atom stereocenters. The number of hydrogen-bond acceptors (Lipinski definition) is 2. The number of carbonyl (C=O) groups is 1. The van der Waals surface area contributed by atoms with Crippen molar-refractivity contribution >= 4 is 16.8 Å². The smallest absolute Gasteiger partial charge is 0.275 e. The number of H-pyrrole nitrogens is 1. The molecule has 2 aromatic rings. The average Bonchev–Trinajstić information content (AvgIpc) is 2.74. The van der Waals surface area contributed by atoms with Gasteiger partial charge in [0.05, 0.1) is 5.56 Å². The zero-order valence-corrected chi connectivity index (χ0v) is 10.4. The van der Waals surface area contributed by atoms with Crippen LogP contribution >= 0.6 is 0 Å². The summed E-state index contributed by atoms with van der Waals surface area (Å²) in [7, 11) is 1.57. The predicted octanol–water partition coefficient (Wildman–Crippen LogP) is 1.18. The second-order valence-electron chi connectivity index (χ2n) is 4.11. The van der Waals surface area contributed by atoms with E-state index in [4.69, 9.17) is 0 Å². The highest BCUT2D eigenvalue weighted by atomic mass is 16.1. The minimum atomic E-state index is -0.211. The second kappa shape index (κ2) is 4.52. The van der Waals surface area contributed by atoms with Gasteiger partial charge in [-0.1, -0.05) is 6.08 Å². The number of carbonyl (C=O) groups excluding carboxylic acids is 1. The molecule has 0 spiro atoms. The molecule has 0 bridgehead atoms. The summed E-state index contributed by atoms with van der Waals surface area (Å²) in [5, 5.41) is 3.23. The minimum absolute atomic E-state index is 0.148. The molecule has 2 N–H and O–H groups in total. The van der Waals surface area contributed by atoms with Crippen LogP contribution in [0.4, 0.5) is 0 Å². The summed E-state index contributed by atoms with van der Waals surface area (Å²) in [4.78, 5) is 27.0. The lowest BCUT2D eigenvalue weighted by Crippen LogP contribution is -2.25. The Morgan fingerprint density at radius 3 is 2.94 bits per heavy atom. The molecule has 0 aliphatic carbocycles. The van der Waals surface area contributed by atoms with E-state index in [1.807, 2.05) is 6.92 Å². The Hall–Kier alpha value is -2.30. The van der Waals surface area contributed by atoms with Gasteiger partial charge < -0.3 is 14.9 Å². The van der Waals surface area contributed by atoms with Crippen molar-refractivity contribution in [3.8, 4) is 0 Å². The molecule has 0 saturated carbocycles. The minimum Gasteiger partial charge on any atom is -0.355 e. The molecular weight excluding hydrogens is 230 g/mol. The highest BCUT2D eigenvalue weighted by Gasteiger charge is 2.15. The Labute approximate surface area is 104 Å². The number of rotatable bonds is 3. The van der Waals surface area contributed by atoms with E-state index in [0.717, 1.165) is 5.69 Å². The van der Waals surface area contributed by atoms with Gasteiger partial charge in [-0.3, -0.25) is 9.59 Å². The maximum absolute atomic E-state index is 12.1. The van der Waals surface area contributed by atoms with Crippen LogP contribution in [0.15, 0.2) is 29.7 Å². The number of nitrogens with zero attached hydrogens (tertiary/aromatic N) is 1. The Kier molecular flexibility index (Phi) is 3.06. The van der Waals surface area contributed by atoms with Crippen LogP contribution in [0.25, 0.3) is 10.9 Å². The molecule has 0 fully saturated rings. The van der Waals surface area contributed by atoms with Gasteiger partial charge in [-0.25, -0.2) is 0 Å². The number of aromatic amines is 1. The van der Waals surface area contributed by atoms with Crippen LogP contribution in [0, 0.1) is 6.92 Å². The van der Waals surface area contributed by atoms with Crippen LogP contribution in [-0.2, 0) is 6.54 Å². The molecule has 18 heavy (non-hydrogen) atoms. The van der Waals surface area contributed by atoms with Crippen molar-refractivity contribution in [3.05, 3.63) is 46.5 Å². The van der Waals surface area contributed by atoms with E-state index in [1.54, 1.807) is 25.4 Å². The van der Waals surface area contributed by atoms with Crippen LogP contribution in [0.1, 0.15) is 16.1 Å². The van der Waals surface area contributed by atoms with Gasteiger partial charge in [0.15, 0.2) is 0 Å². The van der Waals surface area contributed by atoms with E-state index >= 15 is 0 Å². The summed E-state index contributed by atoms with van der Waals surface area (Å²) in [5.41, 5.74) is 1.64. The summed E-state index contributed by atoms with van der Waals surface area (Å²) in [6.45, 7) is 5.83. The van der Waals surface area contributed by atoms with Gasteiger partial charge in [0.1, 0.15) is 5.52 Å². The van der Waals surface area contributed by atoms with Crippen molar-refractivity contribution in [1.82, 2.24) is 14.9 Å². The third-order valence-corrected chi connectivity index (χ3v) is 2.80. The van der Waals surface area contributed by atoms with Gasteiger partial charge in [0.25, 0.3) is 11.5 Å².